The second-order valence-corrected chi connectivity index (χ2v) is 6.16. The first-order chi connectivity index (χ1) is 9.20. The van der Waals surface area contributed by atoms with Crippen LogP contribution in [0.15, 0.2) is 24.3 Å². The van der Waals surface area contributed by atoms with Gasteiger partial charge in [-0.2, -0.15) is 0 Å². The van der Waals surface area contributed by atoms with Crippen LogP contribution in [0.4, 0.5) is 5.69 Å². The first-order valence-corrected chi connectivity index (χ1v) is 7.32. The van der Waals surface area contributed by atoms with E-state index in [1.165, 1.54) is 25.7 Å². The maximum Gasteiger partial charge on any atom is 0.220 e. The molecule has 1 aromatic rings. The highest BCUT2D eigenvalue weighted by Crippen LogP contribution is 2.49. The monoisotopic (exact) mass is 258 g/mol. The van der Waals surface area contributed by atoms with Gasteiger partial charge in [0.2, 0.25) is 5.91 Å². The molecule has 3 unspecified atom stereocenters. The van der Waals surface area contributed by atoms with Crippen molar-refractivity contribution >= 4 is 11.6 Å². The van der Waals surface area contributed by atoms with Crippen LogP contribution in [-0.2, 0) is 11.3 Å². The Bertz CT molecular complexity index is 472. The van der Waals surface area contributed by atoms with Crippen molar-refractivity contribution in [2.45, 2.75) is 38.6 Å². The number of carbonyl (C=O) groups excluding carboxylic acids is 1. The fourth-order valence-corrected chi connectivity index (χ4v) is 3.84. The summed E-state index contributed by atoms with van der Waals surface area (Å²) in [5, 5.41) is 3.02. The number of carbonyl (C=O) groups is 1. The first kappa shape index (κ1) is 12.5. The van der Waals surface area contributed by atoms with E-state index in [0.29, 0.717) is 18.9 Å². The quantitative estimate of drug-likeness (QED) is 0.816. The molecule has 0 radical (unpaired) electrons. The normalized spacial score (nSPS) is 28.5. The van der Waals surface area contributed by atoms with E-state index < -0.39 is 0 Å². The van der Waals surface area contributed by atoms with Gasteiger partial charge in [0.1, 0.15) is 0 Å². The van der Waals surface area contributed by atoms with Crippen molar-refractivity contribution in [2.24, 2.45) is 17.8 Å². The summed E-state index contributed by atoms with van der Waals surface area (Å²) in [5.74, 6) is 2.57. The van der Waals surface area contributed by atoms with Gasteiger partial charge in [-0.1, -0.05) is 18.6 Å². The van der Waals surface area contributed by atoms with Crippen LogP contribution in [0, 0.1) is 17.8 Å². The van der Waals surface area contributed by atoms with Gasteiger partial charge in [-0.15, -0.1) is 0 Å². The average Bonchev–Trinajstić information content (AvgIpc) is 2.99. The minimum atomic E-state index is 0.194. The first-order valence-electron chi connectivity index (χ1n) is 7.32. The van der Waals surface area contributed by atoms with Crippen LogP contribution >= 0.6 is 0 Å². The standard InChI is InChI=1S/C16H22N2O/c17-15-3-1-2-12(8-15)10-18-16(19)9-14-7-11-4-5-13(14)6-11/h1-3,8,11,13-14H,4-7,9-10,17H2,(H,18,19). The predicted octanol–water partition coefficient (Wildman–Crippen LogP) is 2.71. The highest BCUT2D eigenvalue weighted by molar-refractivity contribution is 5.76. The third kappa shape index (κ3) is 2.91. The lowest BCUT2D eigenvalue weighted by Crippen LogP contribution is -2.26. The Morgan fingerprint density at radius 1 is 1.32 bits per heavy atom. The third-order valence-electron chi connectivity index (χ3n) is 4.77. The predicted molar refractivity (Wildman–Crippen MR) is 76.3 cm³/mol. The van der Waals surface area contributed by atoms with E-state index in [-0.39, 0.29) is 5.91 Å². The minimum absolute atomic E-state index is 0.194. The molecule has 3 rings (SSSR count). The topological polar surface area (TPSA) is 55.1 Å². The van der Waals surface area contributed by atoms with Gasteiger partial charge < -0.3 is 11.1 Å². The Morgan fingerprint density at radius 2 is 2.21 bits per heavy atom. The zero-order valence-electron chi connectivity index (χ0n) is 11.3. The zero-order valence-corrected chi connectivity index (χ0v) is 11.3. The summed E-state index contributed by atoms with van der Waals surface area (Å²) in [6.07, 6.45) is 6.09. The van der Waals surface area contributed by atoms with Crippen molar-refractivity contribution < 1.29 is 4.79 Å². The SMILES string of the molecule is Nc1cccc(CNC(=O)CC2CC3CCC2C3)c1. The van der Waals surface area contributed by atoms with Crippen molar-refractivity contribution in [1.29, 1.82) is 0 Å². The van der Waals surface area contributed by atoms with Gasteiger partial charge in [0.25, 0.3) is 0 Å². The number of fused-ring (bicyclic) bond motifs is 2. The van der Waals surface area contributed by atoms with Crippen molar-refractivity contribution in [3.05, 3.63) is 29.8 Å². The Morgan fingerprint density at radius 3 is 2.89 bits per heavy atom. The summed E-state index contributed by atoms with van der Waals surface area (Å²) >= 11 is 0. The van der Waals surface area contributed by atoms with Gasteiger partial charge in [-0.3, -0.25) is 4.79 Å². The van der Waals surface area contributed by atoms with E-state index in [2.05, 4.69) is 5.32 Å². The molecule has 19 heavy (non-hydrogen) atoms. The van der Waals surface area contributed by atoms with E-state index >= 15 is 0 Å². The molecule has 2 saturated carbocycles. The highest BCUT2D eigenvalue weighted by Gasteiger charge is 2.39. The van der Waals surface area contributed by atoms with E-state index in [1.54, 1.807) is 0 Å². The molecular formula is C16H22N2O. The number of nitrogens with one attached hydrogen (secondary N) is 1. The van der Waals surface area contributed by atoms with Gasteiger partial charge in [-0.05, 0) is 54.7 Å². The molecule has 2 aliphatic carbocycles. The number of amides is 1. The van der Waals surface area contributed by atoms with Gasteiger partial charge in [0.15, 0.2) is 0 Å². The summed E-state index contributed by atoms with van der Waals surface area (Å²) in [5.41, 5.74) is 7.55. The Labute approximate surface area is 114 Å². The molecule has 0 spiro atoms. The molecule has 3 atom stereocenters. The molecule has 102 valence electrons. The van der Waals surface area contributed by atoms with E-state index in [0.717, 1.165) is 23.1 Å². The van der Waals surface area contributed by atoms with Gasteiger partial charge >= 0.3 is 0 Å². The second kappa shape index (κ2) is 5.24. The summed E-state index contributed by atoms with van der Waals surface area (Å²) in [6.45, 7) is 0.588. The van der Waals surface area contributed by atoms with E-state index in [4.69, 9.17) is 5.73 Å². The number of benzene rings is 1. The molecule has 3 nitrogen and oxygen atoms in total. The van der Waals surface area contributed by atoms with Gasteiger partial charge in [0, 0.05) is 18.7 Å². The number of nitrogen functional groups attached to an aromatic ring is 1. The summed E-state index contributed by atoms with van der Waals surface area (Å²) in [4.78, 5) is 12.0. The molecule has 2 aliphatic rings. The van der Waals surface area contributed by atoms with Crippen LogP contribution in [0.2, 0.25) is 0 Å². The summed E-state index contributed by atoms with van der Waals surface area (Å²) in [7, 11) is 0. The maximum absolute atomic E-state index is 12.0. The number of rotatable bonds is 4. The van der Waals surface area contributed by atoms with Crippen molar-refractivity contribution in [3.8, 4) is 0 Å². The lowest BCUT2D eigenvalue weighted by atomic mass is 9.86. The van der Waals surface area contributed by atoms with Crippen molar-refractivity contribution in [3.63, 3.8) is 0 Å². The van der Waals surface area contributed by atoms with Crippen LogP contribution in [0.25, 0.3) is 0 Å². The van der Waals surface area contributed by atoms with E-state index in [1.807, 2.05) is 24.3 Å². The molecule has 0 heterocycles. The van der Waals surface area contributed by atoms with Crippen LogP contribution < -0.4 is 11.1 Å². The van der Waals surface area contributed by atoms with E-state index in [9.17, 15) is 4.79 Å². The van der Waals surface area contributed by atoms with Gasteiger partial charge in [0.05, 0.1) is 0 Å². The minimum Gasteiger partial charge on any atom is -0.399 e. The molecule has 2 bridgehead atoms. The number of anilines is 1. The average molecular weight is 258 g/mol. The number of nitrogens with two attached hydrogens (primary N) is 1. The lowest BCUT2D eigenvalue weighted by molar-refractivity contribution is -0.122. The lowest BCUT2D eigenvalue weighted by Gasteiger charge is -2.20. The molecule has 0 saturated heterocycles. The largest absolute Gasteiger partial charge is 0.399 e. The number of hydrogen-bond donors (Lipinski definition) is 2. The maximum atomic E-state index is 12.0. The molecule has 1 amide bonds. The van der Waals surface area contributed by atoms with Crippen LogP contribution in [-0.4, -0.2) is 5.91 Å². The molecule has 3 heteroatoms. The highest BCUT2D eigenvalue weighted by atomic mass is 16.1. The second-order valence-electron chi connectivity index (χ2n) is 6.16. The van der Waals surface area contributed by atoms with Crippen molar-refractivity contribution in [1.82, 2.24) is 5.32 Å². The zero-order chi connectivity index (χ0) is 13.2. The summed E-state index contributed by atoms with van der Waals surface area (Å²) in [6, 6.07) is 7.69. The number of hydrogen-bond acceptors (Lipinski definition) is 2. The smallest absolute Gasteiger partial charge is 0.220 e. The molecule has 3 N–H and O–H groups in total. The molecule has 1 aromatic carbocycles. The van der Waals surface area contributed by atoms with Crippen LogP contribution in [0.5, 0.6) is 0 Å². The van der Waals surface area contributed by atoms with Crippen LogP contribution in [0.1, 0.15) is 37.7 Å². The van der Waals surface area contributed by atoms with Gasteiger partial charge in [-0.25, -0.2) is 0 Å². The Hall–Kier alpha value is -1.51. The summed E-state index contributed by atoms with van der Waals surface area (Å²) < 4.78 is 0. The Kier molecular flexibility index (Phi) is 3.45. The third-order valence-corrected chi connectivity index (χ3v) is 4.77. The molecular weight excluding hydrogens is 236 g/mol. The van der Waals surface area contributed by atoms with Crippen LogP contribution in [0.3, 0.4) is 0 Å². The molecule has 0 aromatic heterocycles. The van der Waals surface area contributed by atoms with Crippen molar-refractivity contribution in [2.75, 3.05) is 5.73 Å². The Balaban J connectivity index is 1.47. The fourth-order valence-electron chi connectivity index (χ4n) is 3.84. The molecule has 0 aliphatic heterocycles. The molecule has 2 fully saturated rings. The fraction of sp³-hybridized carbons (Fsp3) is 0.562.